The first-order valence-corrected chi connectivity index (χ1v) is 13.8. The maximum Gasteiger partial charge on any atom is 0.159 e. The molecule has 2 heteroatoms. The molecule has 1 aliphatic rings. The summed E-state index contributed by atoms with van der Waals surface area (Å²) >= 11 is 0. The summed E-state index contributed by atoms with van der Waals surface area (Å²) in [5, 5.41) is 0. The lowest BCUT2D eigenvalue weighted by Gasteiger charge is -2.34. The van der Waals surface area contributed by atoms with Gasteiger partial charge in [0.2, 0.25) is 0 Å². The SMILES string of the molecule is C=CCC(c1ccc(-c2ncc(CCCCCC)cn2)cc1)[C@H]1CC[C@H](CCCCC)CC1. The first-order valence-electron chi connectivity index (χ1n) is 13.8. The summed E-state index contributed by atoms with van der Waals surface area (Å²) in [6, 6.07) is 9.08. The lowest BCUT2D eigenvalue weighted by Crippen LogP contribution is -2.20. The smallest absolute Gasteiger partial charge is 0.159 e. The van der Waals surface area contributed by atoms with Crippen LogP contribution in [-0.2, 0) is 6.42 Å². The van der Waals surface area contributed by atoms with Crippen molar-refractivity contribution in [2.75, 3.05) is 0 Å². The minimum absolute atomic E-state index is 0.597. The second-order valence-electron chi connectivity index (χ2n) is 10.3. The number of unbranched alkanes of at least 4 members (excludes halogenated alkanes) is 5. The van der Waals surface area contributed by atoms with Gasteiger partial charge in [0.15, 0.2) is 5.82 Å². The quantitative estimate of drug-likeness (QED) is 0.213. The van der Waals surface area contributed by atoms with Gasteiger partial charge in [0, 0.05) is 18.0 Å². The fraction of sp³-hybridized carbons (Fsp3) is 0.613. The molecular formula is C31H46N2. The Bertz CT molecular complexity index is 785. The highest BCUT2D eigenvalue weighted by atomic mass is 14.9. The molecule has 0 spiro atoms. The lowest BCUT2D eigenvalue weighted by atomic mass is 9.71. The average Bonchev–Trinajstić information content (AvgIpc) is 2.86. The summed E-state index contributed by atoms with van der Waals surface area (Å²) < 4.78 is 0. The summed E-state index contributed by atoms with van der Waals surface area (Å²) in [6.45, 7) is 8.63. The minimum atomic E-state index is 0.597. The van der Waals surface area contributed by atoms with E-state index in [0.29, 0.717) is 5.92 Å². The van der Waals surface area contributed by atoms with Crippen LogP contribution in [0.4, 0.5) is 0 Å². The molecule has 1 aliphatic carbocycles. The molecule has 0 bridgehead atoms. The largest absolute Gasteiger partial charge is 0.236 e. The van der Waals surface area contributed by atoms with Crippen molar-refractivity contribution >= 4 is 0 Å². The number of aromatic nitrogens is 2. The van der Waals surface area contributed by atoms with Gasteiger partial charge in [-0.15, -0.1) is 6.58 Å². The zero-order valence-corrected chi connectivity index (χ0v) is 21.3. The van der Waals surface area contributed by atoms with Crippen molar-refractivity contribution in [2.24, 2.45) is 11.8 Å². The predicted octanol–water partition coefficient (Wildman–Crippen LogP) is 9.31. The van der Waals surface area contributed by atoms with E-state index in [-0.39, 0.29) is 0 Å². The van der Waals surface area contributed by atoms with Crippen molar-refractivity contribution in [3.8, 4) is 11.4 Å². The molecule has 180 valence electrons. The molecule has 3 rings (SSSR count). The normalized spacial score (nSPS) is 19.3. The molecule has 1 saturated carbocycles. The highest BCUT2D eigenvalue weighted by Crippen LogP contribution is 2.41. The molecule has 0 aliphatic heterocycles. The zero-order valence-electron chi connectivity index (χ0n) is 21.3. The molecule has 2 nitrogen and oxygen atoms in total. The molecule has 0 N–H and O–H groups in total. The van der Waals surface area contributed by atoms with Crippen LogP contribution in [0, 0.1) is 11.8 Å². The van der Waals surface area contributed by atoms with Crippen molar-refractivity contribution in [3.63, 3.8) is 0 Å². The Morgan fingerprint density at radius 1 is 0.879 bits per heavy atom. The van der Waals surface area contributed by atoms with E-state index in [1.165, 1.54) is 88.2 Å². The van der Waals surface area contributed by atoms with Crippen molar-refractivity contribution in [3.05, 3.63) is 60.4 Å². The van der Waals surface area contributed by atoms with Gasteiger partial charge >= 0.3 is 0 Å². The highest BCUT2D eigenvalue weighted by molar-refractivity contribution is 5.55. The van der Waals surface area contributed by atoms with Crippen LogP contribution in [0.15, 0.2) is 49.3 Å². The van der Waals surface area contributed by atoms with E-state index < -0.39 is 0 Å². The van der Waals surface area contributed by atoms with E-state index in [9.17, 15) is 0 Å². The third-order valence-electron chi connectivity index (χ3n) is 7.72. The van der Waals surface area contributed by atoms with Crippen molar-refractivity contribution in [1.29, 1.82) is 0 Å². The summed E-state index contributed by atoms with van der Waals surface area (Å²) in [5.41, 5.74) is 3.83. The van der Waals surface area contributed by atoms with Crippen LogP contribution in [0.5, 0.6) is 0 Å². The van der Waals surface area contributed by atoms with Crippen LogP contribution in [0.3, 0.4) is 0 Å². The Hall–Kier alpha value is -1.96. The Morgan fingerprint density at radius 2 is 1.55 bits per heavy atom. The second kappa shape index (κ2) is 14.3. The van der Waals surface area contributed by atoms with E-state index in [0.717, 1.165) is 36.1 Å². The van der Waals surface area contributed by atoms with E-state index >= 15 is 0 Å². The predicted molar refractivity (Wildman–Crippen MR) is 142 cm³/mol. The number of allylic oxidation sites excluding steroid dienone is 1. The van der Waals surface area contributed by atoms with Gasteiger partial charge < -0.3 is 0 Å². The number of rotatable bonds is 14. The monoisotopic (exact) mass is 446 g/mol. The fourth-order valence-electron chi connectivity index (χ4n) is 5.61. The summed E-state index contributed by atoms with van der Waals surface area (Å²) in [7, 11) is 0. The molecule has 33 heavy (non-hydrogen) atoms. The van der Waals surface area contributed by atoms with Crippen LogP contribution in [0.2, 0.25) is 0 Å². The van der Waals surface area contributed by atoms with Crippen LogP contribution in [0.1, 0.15) is 114 Å². The van der Waals surface area contributed by atoms with Crippen LogP contribution < -0.4 is 0 Å². The Morgan fingerprint density at radius 3 is 2.18 bits per heavy atom. The third kappa shape index (κ3) is 8.09. The molecular weight excluding hydrogens is 400 g/mol. The highest BCUT2D eigenvalue weighted by Gasteiger charge is 2.27. The van der Waals surface area contributed by atoms with Gasteiger partial charge in [-0.25, -0.2) is 9.97 Å². The Labute approximate surface area is 203 Å². The van der Waals surface area contributed by atoms with Gasteiger partial charge in [-0.2, -0.15) is 0 Å². The maximum absolute atomic E-state index is 4.66. The maximum atomic E-state index is 4.66. The molecule has 1 aromatic carbocycles. The van der Waals surface area contributed by atoms with Gasteiger partial charge in [0.25, 0.3) is 0 Å². The molecule has 0 amide bonds. The first kappa shape index (κ1) is 25.7. The summed E-state index contributed by atoms with van der Waals surface area (Å²) in [6.07, 6.45) is 24.6. The molecule has 1 atom stereocenters. The number of aryl methyl sites for hydroxylation is 1. The van der Waals surface area contributed by atoms with Crippen LogP contribution in [0.25, 0.3) is 11.4 Å². The van der Waals surface area contributed by atoms with Crippen molar-refractivity contribution < 1.29 is 0 Å². The summed E-state index contributed by atoms with van der Waals surface area (Å²) in [4.78, 5) is 9.32. The number of benzene rings is 1. The fourth-order valence-corrected chi connectivity index (χ4v) is 5.61. The van der Waals surface area contributed by atoms with Gasteiger partial charge in [-0.3, -0.25) is 0 Å². The van der Waals surface area contributed by atoms with E-state index in [1.54, 1.807) is 0 Å². The topological polar surface area (TPSA) is 25.8 Å². The Balaban J connectivity index is 1.57. The van der Waals surface area contributed by atoms with Crippen LogP contribution in [-0.4, -0.2) is 9.97 Å². The van der Waals surface area contributed by atoms with Gasteiger partial charge in [0.1, 0.15) is 0 Å². The molecule has 1 aromatic heterocycles. The first-order chi connectivity index (χ1) is 16.2. The van der Waals surface area contributed by atoms with E-state index in [4.69, 9.17) is 0 Å². The molecule has 1 fully saturated rings. The molecule has 1 unspecified atom stereocenters. The summed E-state index contributed by atoms with van der Waals surface area (Å²) in [5.74, 6) is 3.19. The van der Waals surface area contributed by atoms with E-state index in [1.807, 2.05) is 12.4 Å². The van der Waals surface area contributed by atoms with Crippen molar-refractivity contribution in [2.45, 2.75) is 110 Å². The third-order valence-corrected chi connectivity index (χ3v) is 7.72. The molecule has 1 heterocycles. The average molecular weight is 447 g/mol. The van der Waals surface area contributed by atoms with Gasteiger partial charge in [-0.05, 0) is 61.0 Å². The van der Waals surface area contributed by atoms with Crippen molar-refractivity contribution in [1.82, 2.24) is 9.97 Å². The molecule has 2 aromatic rings. The number of hydrogen-bond donors (Lipinski definition) is 0. The lowest BCUT2D eigenvalue weighted by molar-refractivity contribution is 0.230. The zero-order chi connectivity index (χ0) is 23.3. The van der Waals surface area contributed by atoms with Crippen LogP contribution >= 0.6 is 0 Å². The second-order valence-corrected chi connectivity index (χ2v) is 10.3. The number of nitrogens with zero attached hydrogens (tertiary/aromatic N) is 2. The molecule has 0 saturated heterocycles. The van der Waals surface area contributed by atoms with Gasteiger partial charge in [0.05, 0.1) is 0 Å². The number of hydrogen-bond acceptors (Lipinski definition) is 2. The Kier molecular flexibility index (Phi) is 11.1. The van der Waals surface area contributed by atoms with E-state index in [2.05, 4.69) is 60.7 Å². The van der Waals surface area contributed by atoms with Gasteiger partial charge in [-0.1, -0.05) is 102 Å². The standard InChI is InChI=1S/C31H46N2/c1-4-7-9-11-14-26-23-32-31(33-24-26)29-21-19-28(20-22-29)30(12-6-3)27-17-15-25(16-18-27)13-10-8-5-2/h6,19-25,27,30H,3-5,7-18H2,1-2H3/t25-,27-,30?. The molecule has 0 radical (unpaired) electrons. The minimum Gasteiger partial charge on any atom is -0.236 e.